The van der Waals surface area contributed by atoms with Gasteiger partial charge in [-0.25, -0.2) is 4.79 Å². The van der Waals surface area contributed by atoms with Crippen molar-refractivity contribution in [3.8, 4) is 0 Å². The second-order valence-corrected chi connectivity index (χ2v) is 6.26. The Kier molecular flexibility index (Phi) is 9.85. The normalized spacial score (nSPS) is 13.5. The van der Waals surface area contributed by atoms with Crippen molar-refractivity contribution < 1.29 is 14.3 Å². The molecule has 0 rings (SSSR count). The van der Waals surface area contributed by atoms with Crippen LogP contribution in [-0.4, -0.2) is 19.7 Å². The van der Waals surface area contributed by atoms with Crippen molar-refractivity contribution in [1.29, 1.82) is 0 Å². The van der Waals surface area contributed by atoms with Crippen LogP contribution in [-0.2, 0) is 14.3 Å². The van der Waals surface area contributed by atoms with Crippen molar-refractivity contribution in [3.63, 3.8) is 0 Å². The molecule has 0 aliphatic heterocycles. The first-order valence-electron chi connectivity index (χ1n) is 7.84. The zero-order valence-electron chi connectivity index (χ0n) is 14.8. The van der Waals surface area contributed by atoms with Gasteiger partial charge in [-0.1, -0.05) is 32.4 Å². The molecule has 0 aromatic rings. The van der Waals surface area contributed by atoms with E-state index in [0.29, 0.717) is 18.3 Å². The zero-order chi connectivity index (χ0) is 16.4. The van der Waals surface area contributed by atoms with Crippen molar-refractivity contribution in [2.24, 2.45) is 11.8 Å². The number of carbonyl (C=O) groups excluding carboxylic acids is 1. The molecule has 0 spiro atoms. The molecule has 0 N–H and O–H groups in total. The third kappa shape index (κ3) is 8.59. The number of ether oxygens (including phenoxy) is 2. The molecule has 0 aromatic heterocycles. The van der Waals surface area contributed by atoms with Gasteiger partial charge in [-0.15, -0.1) is 0 Å². The van der Waals surface area contributed by atoms with Gasteiger partial charge in [-0.05, 0) is 57.4 Å². The van der Waals surface area contributed by atoms with Gasteiger partial charge >= 0.3 is 5.97 Å². The van der Waals surface area contributed by atoms with Gasteiger partial charge in [-0.3, -0.25) is 0 Å². The van der Waals surface area contributed by atoms with Crippen molar-refractivity contribution >= 4 is 5.97 Å². The van der Waals surface area contributed by atoms with Gasteiger partial charge in [0.2, 0.25) is 5.76 Å². The average Bonchev–Trinajstić information content (AvgIpc) is 2.38. The summed E-state index contributed by atoms with van der Waals surface area (Å²) in [6.07, 6.45) is 5.36. The number of hydrogen-bond donors (Lipinski definition) is 0. The predicted octanol–water partition coefficient (Wildman–Crippen LogP) is 4.88. The average molecular weight is 296 g/mol. The molecule has 3 heteroatoms. The van der Waals surface area contributed by atoms with Crippen LogP contribution in [0.2, 0.25) is 0 Å². The van der Waals surface area contributed by atoms with Gasteiger partial charge in [0.05, 0.1) is 13.7 Å². The van der Waals surface area contributed by atoms with Gasteiger partial charge in [-0.2, -0.15) is 0 Å². The van der Waals surface area contributed by atoms with Crippen molar-refractivity contribution in [2.45, 2.75) is 60.8 Å². The minimum absolute atomic E-state index is 0.274. The summed E-state index contributed by atoms with van der Waals surface area (Å²) in [5, 5.41) is 0. The standard InChI is InChI=1S/C18H32O3/c1-13(2)9-8-10-15(5)11-12-21-18(19)17(20-7)16(6)14(3)4/h9,14-15H,8,10-12H2,1-7H3/b17-16-/t15-/m0/s1. The molecule has 0 fully saturated rings. The summed E-state index contributed by atoms with van der Waals surface area (Å²) in [4.78, 5) is 12.0. The van der Waals surface area contributed by atoms with E-state index in [1.807, 2.05) is 20.8 Å². The number of allylic oxidation sites excluding steroid dienone is 3. The maximum atomic E-state index is 12.0. The van der Waals surface area contributed by atoms with E-state index in [-0.39, 0.29) is 11.9 Å². The van der Waals surface area contributed by atoms with Gasteiger partial charge in [0.15, 0.2) is 0 Å². The first-order valence-corrected chi connectivity index (χ1v) is 7.84. The third-order valence-corrected chi connectivity index (χ3v) is 3.67. The van der Waals surface area contributed by atoms with Crippen LogP contribution in [0.25, 0.3) is 0 Å². The second-order valence-electron chi connectivity index (χ2n) is 6.26. The molecule has 21 heavy (non-hydrogen) atoms. The molecule has 0 aliphatic rings. The fourth-order valence-electron chi connectivity index (χ4n) is 1.89. The Morgan fingerprint density at radius 2 is 1.71 bits per heavy atom. The molecular formula is C18H32O3. The molecule has 1 atom stereocenters. The van der Waals surface area contributed by atoms with Gasteiger partial charge in [0.1, 0.15) is 0 Å². The van der Waals surface area contributed by atoms with Crippen LogP contribution < -0.4 is 0 Å². The molecule has 122 valence electrons. The van der Waals surface area contributed by atoms with Crippen LogP contribution in [0.1, 0.15) is 60.8 Å². The summed E-state index contributed by atoms with van der Waals surface area (Å²) >= 11 is 0. The van der Waals surface area contributed by atoms with E-state index < -0.39 is 0 Å². The summed E-state index contributed by atoms with van der Waals surface area (Å²) in [7, 11) is 1.52. The molecule has 0 saturated heterocycles. The molecule has 0 aliphatic carbocycles. The van der Waals surface area contributed by atoms with Crippen LogP contribution in [0.5, 0.6) is 0 Å². The lowest BCUT2D eigenvalue weighted by Gasteiger charge is -2.14. The van der Waals surface area contributed by atoms with Crippen LogP contribution >= 0.6 is 0 Å². The molecule has 0 heterocycles. The van der Waals surface area contributed by atoms with Gasteiger partial charge in [0, 0.05) is 0 Å². The largest absolute Gasteiger partial charge is 0.490 e. The Hall–Kier alpha value is -1.25. The number of hydrogen-bond acceptors (Lipinski definition) is 3. The summed E-state index contributed by atoms with van der Waals surface area (Å²) in [6, 6.07) is 0. The highest BCUT2D eigenvalue weighted by Gasteiger charge is 2.17. The highest BCUT2D eigenvalue weighted by Crippen LogP contribution is 2.17. The predicted molar refractivity (Wildman–Crippen MR) is 88.0 cm³/mol. The summed E-state index contributed by atoms with van der Waals surface area (Å²) in [5.41, 5.74) is 2.28. The van der Waals surface area contributed by atoms with E-state index in [2.05, 4.69) is 26.8 Å². The molecule has 0 saturated carbocycles. The first-order chi connectivity index (χ1) is 9.79. The van der Waals surface area contributed by atoms with E-state index in [4.69, 9.17) is 9.47 Å². The number of methoxy groups -OCH3 is 1. The highest BCUT2D eigenvalue weighted by atomic mass is 16.6. The number of carbonyl (C=O) groups is 1. The maximum absolute atomic E-state index is 12.0. The molecule has 0 unspecified atom stereocenters. The zero-order valence-corrected chi connectivity index (χ0v) is 14.8. The Morgan fingerprint density at radius 3 is 2.19 bits per heavy atom. The molecule has 0 bridgehead atoms. The molecule has 0 aromatic carbocycles. The van der Waals surface area contributed by atoms with Crippen LogP contribution in [0, 0.1) is 11.8 Å². The van der Waals surface area contributed by atoms with Crippen molar-refractivity contribution in [3.05, 3.63) is 23.0 Å². The van der Waals surface area contributed by atoms with Crippen molar-refractivity contribution in [1.82, 2.24) is 0 Å². The molecule has 0 radical (unpaired) electrons. The van der Waals surface area contributed by atoms with E-state index in [1.165, 1.54) is 12.7 Å². The van der Waals surface area contributed by atoms with Crippen molar-refractivity contribution in [2.75, 3.05) is 13.7 Å². The third-order valence-electron chi connectivity index (χ3n) is 3.67. The summed E-state index contributed by atoms with van der Waals surface area (Å²) in [6.45, 7) is 12.9. The second kappa shape index (κ2) is 10.5. The Balaban J connectivity index is 4.19. The highest BCUT2D eigenvalue weighted by molar-refractivity contribution is 5.87. The fourth-order valence-corrected chi connectivity index (χ4v) is 1.89. The lowest BCUT2D eigenvalue weighted by Crippen LogP contribution is -2.15. The Labute approximate surface area is 130 Å². The van der Waals surface area contributed by atoms with E-state index >= 15 is 0 Å². The smallest absolute Gasteiger partial charge is 0.373 e. The van der Waals surface area contributed by atoms with Gasteiger partial charge < -0.3 is 9.47 Å². The van der Waals surface area contributed by atoms with Crippen LogP contribution in [0.4, 0.5) is 0 Å². The molecular weight excluding hydrogens is 264 g/mol. The van der Waals surface area contributed by atoms with E-state index in [1.54, 1.807) is 0 Å². The first kappa shape index (κ1) is 19.8. The monoisotopic (exact) mass is 296 g/mol. The van der Waals surface area contributed by atoms with Crippen LogP contribution in [0.3, 0.4) is 0 Å². The molecule has 0 amide bonds. The quantitative estimate of drug-likeness (QED) is 0.263. The van der Waals surface area contributed by atoms with E-state index in [9.17, 15) is 4.79 Å². The Bertz CT molecular complexity index is 374. The van der Waals surface area contributed by atoms with Crippen LogP contribution in [0.15, 0.2) is 23.0 Å². The van der Waals surface area contributed by atoms with Gasteiger partial charge in [0.25, 0.3) is 0 Å². The van der Waals surface area contributed by atoms with E-state index in [0.717, 1.165) is 24.8 Å². The lowest BCUT2D eigenvalue weighted by molar-refractivity contribution is -0.143. The SMILES string of the molecule is CO/C(C(=O)OCC[C@@H](C)CCC=C(C)C)=C(/C)C(C)C. The number of esters is 1. The lowest BCUT2D eigenvalue weighted by atomic mass is 10.0. The minimum Gasteiger partial charge on any atom is -0.490 e. The number of rotatable bonds is 9. The maximum Gasteiger partial charge on any atom is 0.373 e. The fraction of sp³-hybridized carbons (Fsp3) is 0.722. The molecule has 3 nitrogen and oxygen atoms in total. The minimum atomic E-state index is -0.347. The summed E-state index contributed by atoms with van der Waals surface area (Å²) < 4.78 is 10.5. The topological polar surface area (TPSA) is 35.5 Å². The summed E-state index contributed by atoms with van der Waals surface area (Å²) in [5.74, 6) is 0.826. The Morgan fingerprint density at radius 1 is 1.10 bits per heavy atom.